The van der Waals surface area contributed by atoms with Crippen molar-refractivity contribution in [2.45, 2.75) is 39.8 Å². The Morgan fingerprint density at radius 3 is 2.66 bits per heavy atom. The van der Waals surface area contributed by atoms with Crippen LogP contribution in [0.15, 0.2) is 29.5 Å². The Morgan fingerprint density at radius 1 is 1.17 bits per heavy atom. The highest BCUT2D eigenvalue weighted by molar-refractivity contribution is 5.96. The van der Waals surface area contributed by atoms with Crippen LogP contribution in [0.25, 0.3) is 11.0 Å². The molecule has 0 unspecified atom stereocenters. The van der Waals surface area contributed by atoms with Crippen LogP contribution in [0.4, 0.5) is 4.79 Å². The molecule has 29 heavy (non-hydrogen) atoms. The van der Waals surface area contributed by atoms with Crippen molar-refractivity contribution >= 4 is 29.0 Å². The molecule has 0 saturated carbocycles. The largest absolute Gasteiger partial charge is 0.463 e. The quantitative estimate of drug-likeness (QED) is 0.674. The van der Waals surface area contributed by atoms with Gasteiger partial charge in [0.25, 0.3) is 0 Å². The Labute approximate surface area is 167 Å². The van der Waals surface area contributed by atoms with E-state index in [2.05, 4.69) is 20.9 Å². The lowest BCUT2D eigenvalue weighted by Gasteiger charge is -2.28. The summed E-state index contributed by atoms with van der Waals surface area (Å²) in [5, 5.41) is 13.3. The Kier molecular flexibility index (Phi) is 6.10. The lowest BCUT2D eigenvalue weighted by atomic mass is 10.0. The van der Waals surface area contributed by atoms with E-state index in [4.69, 9.17) is 9.47 Å². The molecule has 10 heteroatoms. The van der Waals surface area contributed by atoms with E-state index < -0.39 is 24.0 Å². The summed E-state index contributed by atoms with van der Waals surface area (Å²) in [4.78, 5) is 36.7. The minimum atomic E-state index is -0.602. The molecule has 1 aliphatic rings. The number of benzene rings is 1. The van der Waals surface area contributed by atoms with Crippen LogP contribution in [0.2, 0.25) is 0 Å². The van der Waals surface area contributed by atoms with E-state index in [1.807, 2.05) is 13.8 Å². The van der Waals surface area contributed by atoms with Crippen LogP contribution >= 0.6 is 0 Å². The van der Waals surface area contributed by atoms with Crippen LogP contribution < -0.4 is 10.6 Å². The normalized spacial score (nSPS) is 16.4. The minimum absolute atomic E-state index is 0.193. The maximum atomic E-state index is 12.5. The van der Waals surface area contributed by atoms with Crippen LogP contribution in [0.5, 0.6) is 0 Å². The molecular formula is C19H23N5O5. The number of fused-ring (bicyclic) bond motifs is 1. The average molecular weight is 401 g/mol. The predicted octanol–water partition coefficient (Wildman–Crippen LogP) is 1.52. The predicted molar refractivity (Wildman–Crippen MR) is 103 cm³/mol. The van der Waals surface area contributed by atoms with E-state index >= 15 is 0 Å². The molecule has 1 aromatic heterocycles. The molecule has 0 aliphatic carbocycles. The van der Waals surface area contributed by atoms with Gasteiger partial charge in [-0.1, -0.05) is 12.1 Å². The van der Waals surface area contributed by atoms with Gasteiger partial charge in [0.1, 0.15) is 12.1 Å². The van der Waals surface area contributed by atoms with Gasteiger partial charge in [0, 0.05) is 6.54 Å². The summed E-state index contributed by atoms with van der Waals surface area (Å²) in [6.07, 6.45) is 0.489. The first-order chi connectivity index (χ1) is 14.0. The van der Waals surface area contributed by atoms with Crippen molar-refractivity contribution in [1.29, 1.82) is 0 Å². The minimum Gasteiger partial charge on any atom is -0.463 e. The van der Waals surface area contributed by atoms with Crippen LogP contribution in [-0.4, -0.2) is 52.2 Å². The number of nitrogens with one attached hydrogen (secondary N) is 2. The molecule has 2 aromatic rings. The first-order valence-corrected chi connectivity index (χ1v) is 9.46. The molecule has 154 valence electrons. The summed E-state index contributed by atoms with van der Waals surface area (Å²) in [6, 6.07) is 3.98. The maximum Gasteiger partial charge on any atom is 0.338 e. The number of nitrogens with zero attached hydrogens (tertiary/aromatic N) is 3. The highest BCUT2D eigenvalue weighted by Crippen LogP contribution is 2.19. The zero-order chi connectivity index (χ0) is 21.0. The van der Waals surface area contributed by atoms with E-state index in [1.54, 1.807) is 29.8 Å². The summed E-state index contributed by atoms with van der Waals surface area (Å²) in [5.74, 6) is -1.16. The third-order valence-electron chi connectivity index (χ3n) is 4.54. The second-order valence-electron chi connectivity index (χ2n) is 6.36. The highest BCUT2D eigenvalue weighted by Gasteiger charge is 2.32. The van der Waals surface area contributed by atoms with Crippen molar-refractivity contribution in [3.63, 3.8) is 0 Å². The Morgan fingerprint density at radius 2 is 1.97 bits per heavy atom. The van der Waals surface area contributed by atoms with Gasteiger partial charge in [-0.05, 0) is 38.5 Å². The van der Waals surface area contributed by atoms with Gasteiger partial charge in [0.15, 0.2) is 0 Å². The van der Waals surface area contributed by atoms with Crippen LogP contribution in [0.1, 0.15) is 37.6 Å². The van der Waals surface area contributed by atoms with Crippen LogP contribution in [-0.2, 0) is 20.8 Å². The second kappa shape index (κ2) is 8.72. The first-order valence-electron chi connectivity index (χ1n) is 9.46. The van der Waals surface area contributed by atoms with Crippen molar-refractivity contribution in [1.82, 2.24) is 25.6 Å². The number of hydrogen-bond donors (Lipinski definition) is 2. The summed E-state index contributed by atoms with van der Waals surface area (Å²) in [7, 11) is 0. The number of hydrogen-bond acceptors (Lipinski definition) is 7. The van der Waals surface area contributed by atoms with Crippen molar-refractivity contribution < 1.29 is 23.9 Å². The van der Waals surface area contributed by atoms with Crippen molar-refractivity contribution in [3.05, 3.63) is 35.0 Å². The molecule has 2 amide bonds. The van der Waals surface area contributed by atoms with Crippen molar-refractivity contribution in [2.24, 2.45) is 0 Å². The van der Waals surface area contributed by atoms with E-state index in [0.717, 1.165) is 5.52 Å². The molecule has 0 bridgehead atoms. The van der Waals surface area contributed by atoms with Gasteiger partial charge in [-0.15, -0.1) is 5.10 Å². The van der Waals surface area contributed by atoms with Gasteiger partial charge in [-0.25, -0.2) is 19.1 Å². The molecule has 10 nitrogen and oxygen atoms in total. The number of rotatable bonds is 7. The zero-order valence-electron chi connectivity index (χ0n) is 16.5. The van der Waals surface area contributed by atoms with E-state index in [1.165, 1.54) is 0 Å². The Balaban J connectivity index is 1.80. The molecule has 0 saturated heterocycles. The van der Waals surface area contributed by atoms with Crippen LogP contribution in [0, 0.1) is 0 Å². The van der Waals surface area contributed by atoms with E-state index in [0.29, 0.717) is 24.0 Å². The topological polar surface area (TPSA) is 124 Å². The lowest BCUT2D eigenvalue weighted by Crippen LogP contribution is -2.51. The number of esters is 2. The molecule has 0 spiro atoms. The van der Waals surface area contributed by atoms with E-state index in [-0.39, 0.29) is 24.5 Å². The number of ether oxygens (including phenoxy) is 2. The molecule has 1 atom stereocenters. The molecule has 1 aliphatic heterocycles. The van der Waals surface area contributed by atoms with Crippen molar-refractivity contribution in [3.8, 4) is 0 Å². The third-order valence-corrected chi connectivity index (χ3v) is 4.54. The summed E-state index contributed by atoms with van der Waals surface area (Å²) in [6.45, 7) is 6.06. The highest BCUT2D eigenvalue weighted by atomic mass is 16.5. The van der Waals surface area contributed by atoms with Gasteiger partial charge < -0.3 is 20.1 Å². The smallest absolute Gasteiger partial charge is 0.338 e. The van der Waals surface area contributed by atoms with Crippen molar-refractivity contribution in [2.75, 3.05) is 13.2 Å². The van der Waals surface area contributed by atoms with Gasteiger partial charge in [0.05, 0.1) is 35.0 Å². The number of urea groups is 1. The number of carbonyl (C=O) groups excluding carboxylic acids is 3. The van der Waals surface area contributed by atoms with Crippen LogP contribution in [0.3, 0.4) is 0 Å². The Hall–Kier alpha value is -3.43. The molecular weight excluding hydrogens is 378 g/mol. The van der Waals surface area contributed by atoms with Gasteiger partial charge >= 0.3 is 18.0 Å². The average Bonchev–Trinajstić information content (AvgIpc) is 3.13. The number of amides is 2. The standard InChI is InChI=1S/C19H23N5O5/c1-4-12-16(18(26)28-6-3)14(21-19(27)20-12)10-29-17(25)11-7-8-15-13(9-11)22-23-24(15)5-2/h7-9,12H,4-6,10H2,1-3H3,(H2,20,21,27)/t12-/m1/s1. The monoisotopic (exact) mass is 401 g/mol. The summed E-state index contributed by atoms with van der Waals surface area (Å²) < 4.78 is 12.2. The van der Waals surface area contributed by atoms with Gasteiger partial charge in [-0.3, -0.25) is 0 Å². The first kappa shape index (κ1) is 20.3. The molecule has 1 aromatic carbocycles. The van der Waals surface area contributed by atoms with Gasteiger partial charge in [-0.2, -0.15) is 0 Å². The number of aryl methyl sites for hydroxylation is 1. The fourth-order valence-electron chi connectivity index (χ4n) is 3.13. The fourth-order valence-corrected chi connectivity index (χ4v) is 3.13. The van der Waals surface area contributed by atoms with Gasteiger partial charge in [0.2, 0.25) is 0 Å². The summed E-state index contributed by atoms with van der Waals surface area (Å²) >= 11 is 0. The third kappa shape index (κ3) is 4.20. The molecule has 0 radical (unpaired) electrons. The van der Waals surface area contributed by atoms with E-state index in [9.17, 15) is 14.4 Å². The molecule has 2 N–H and O–H groups in total. The summed E-state index contributed by atoms with van der Waals surface area (Å²) in [5.41, 5.74) is 2.15. The maximum absolute atomic E-state index is 12.5. The number of carbonyl (C=O) groups is 3. The SMILES string of the molecule is CCOC(=O)C1=C(COC(=O)c2ccc3c(c2)nnn3CC)NC(=O)N[C@@H]1CC. The number of aromatic nitrogens is 3. The Bertz CT molecular complexity index is 981. The zero-order valence-corrected chi connectivity index (χ0v) is 16.5. The lowest BCUT2D eigenvalue weighted by molar-refractivity contribution is -0.139. The molecule has 0 fully saturated rings. The molecule has 3 rings (SSSR count). The second-order valence-corrected chi connectivity index (χ2v) is 6.36. The fraction of sp³-hybridized carbons (Fsp3) is 0.421. The molecule has 2 heterocycles.